The topological polar surface area (TPSA) is 72.2 Å². The zero-order chi connectivity index (χ0) is 10.4. The van der Waals surface area contributed by atoms with Gasteiger partial charge in [-0.25, -0.2) is 4.98 Å². The molecular weight excluding hydrogens is 184 g/mol. The Kier molecular flexibility index (Phi) is 3.84. The summed E-state index contributed by atoms with van der Waals surface area (Å²) in [6.07, 6.45) is 5.52. The Morgan fingerprint density at radius 2 is 2.36 bits per heavy atom. The SMILES string of the molecule is O=Cc1cn(CCCCC(=O)O)cn1. The van der Waals surface area contributed by atoms with Crippen LogP contribution in [-0.2, 0) is 11.3 Å². The fourth-order valence-electron chi connectivity index (χ4n) is 1.13. The van der Waals surface area contributed by atoms with Crippen LogP contribution in [0.5, 0.6) is 0 Å². The van der Waals surface area contributed by atoms with Gasteiger partial charge in [0.15, 0.2) is 6.29 Å². The highest BCUT2D eigenvalue weighted by atomic mass is 16.4. The molecule has 0 bridgehead atoms. The first kappa shape index (κ1) is 10.4. The lowest BCUT2D eigenvalue weighted by atomic mass is 10.2. The van der Waals surface area contributed by atoms with E-state index in [1.165, 1.54) is 0 Å². The summed E-state index contributed by atoms with van der Waals surface area (Å²) < 4.78 is 1.78. The highest BCUT2D eigenvalue weighted by molar-refractivity contribution is 5.70. The molecule has 1 N–H and O–H groups in total. The first-order chi connectivity index (χ1) is 6.72. The van der Waals surface area contributed by atoms with Gasteiger partial charge in [0.2, 0.25) is 0 Å². The highest BCUT2D eigenvalue weighted by Crippen LogP contribution is 2.00. The van der Waals surface area contributed by atoms with Crippen LogP contribution in [0.15, 0.2) is 12.5 Å². The van der Waals surface area contributed by atoms with Gasteiger partial charge in [-0.2, -0.15) is 0 Å². The lowest BCUT2D eigenvalue weighted by Crippen LogP contribution is -1.98. The molecular formula is C9H12N2O3. The molecule has 76 valence electrons. The second kappa shape index (κ2) is 5.16. The molecule has 0 radical (unpaired) electrons. The van der Waals surface area contributed by atoms with Crippen LogP contribution in [0.1, 0.15) is 29.8 Å². The van der Waals surface area contributed by atoms with Gasteiger partial charge in [0, 0.05) is 19.2 Å². The van der Waals surface area contributed by atoms with Crippen molar-refractivity contribution in [1.82, 2.24) is 9.55 Å². The molecule has 5 nitrogen and oxygen atoms in total. The molecule has 0 aliphatic carbocycles. The Hall–Kier alpha value is -1.65. The van der Waals surface area contributed by atoms with Gasteiger partial charge in [0.25, 0.3) is 0 Å². The Morgan fingerprint density at radius 1 is 1.57 bits per heavy atom. The van der Waals surface area contributed by atoms with Crippen molar-refractivity contribution in [2.24, 2.45) is 0 Å². The van der Waals surface area contributed by atoms with Crippen LogP contribution in [-0.4, -0.2) is 26.9 Å². The van der Waals surface area contributed by atoms with Crippen molar-refractivity contribution in [3.63, 3.8) is 0 Å². The smallest absolute Gasteiger partial charge is 0.303 e. The lowest BCUT2D eigenvalue weighted by molar-refractivity contribution is -0.137. The minimum atomic E-state index is -0.774. The predicted octanol–water partition coefficient (Wildman–Crippen LogP) is 0.951. The van der Waals surface area contributed by atoms with Gasteiger partial charge < -0.3 is 9.67 Å². The number of imidazole rings is 1. The molecule has 0 aliphatic rings. The first-order valence-electron chi connectivity index (χ1n) is 4.41. The number of aryl methyl sites for hydroxylation is 1. The Labute approximate surface area is 81.4 Å². The summed E-state index contributed by atoms with van der Waals surface area (Å²) in [4.78, 5) is 24.3. The second-order valence-corrected chi connectivity index (χ2v) is 3.01. The number of hydrogen-bond donors (Lipinski definition) is 1. The average molecular weight is 196 g/mol. The summed E-state index contributed by atoms with van der Waals surface area (Å²) in [5.74, 6) is -0.774. The predicted molar refractivity (Wildman–Crippen MR) is 49.1 cm³/mol. The normalized spacial score (nSPS) is 10.0. The third kappa shape index (κ3) is 3.38. The Balaban J connectivity index is 2.24. The Morgan fingerprint density at radius 3 is 2.93 bits per heavy atom. The minimum Gasteiger partial charge on any atom is -0.481 e. The molecule has 0 amide bonds. The van der Waals surface area contributed by atoms with Crippen LogP contribution in [0.2, 0.25) is 0 Å². The molecule has 0 aromatic carbocycles. The van der Waals surface area contributed by atoms with Crippen LogP contribution in [0.25, 0.3) is 0 Å². The number of hydrogen-bond acceptors (Lipinski definition) is 3. The minimum absolute atomic E-state index is 0.190. The molecule has 0 unspecified atom stereocenters. The maximum absolute atomic E-state index is 10.3. The standard InChI is InChI=1S/C9H12N2O3/c12-6-8-5-11(7-10-8)4-2-1-3-9(13)14/h5-7H,1-4H2,(H,13,14). The van der Waals surface area contributed by atoms with Crippen molar-refractivity contribution >= 4 is 12.3 Å². The molecule has 14 heavy (non-hydrogen) atoms. The highest BCUT2D eigenvalue weighted by Gasteiger charge is 1.98. The molecule has 0 fully saturated rings. The van der Waals surface area contributed by atoms with E-state index in [0.717, 1.165) is 6.42 Å². The number of carbonyl (C=O) groups excluding carboxylic acids is 1. The number of nitrogens with zero attached hydrogens (tertiary/aromatic N) is 2. The third-order valence-corrected chi connectivity index (χ3v) is 1.83. The molecule has 0 atom stereocenters. The lowest BCUT2D eigenvalue weighted by Gasteiger charge is -1.99. The van der Waals surface area contributed by atoms with Crippen molar-refractivity contribution < 1.29 is 14.7 Å². The van der Waals surface area contributed by atoms with E-state index in [9.17, 15) is 9.59 Å². The number of aldehydes is 1. The van der Waals surface area contributed by atoms with Gasteiger partial charge in [-0.15, -0.1) is 0 Å². The number of aromatic nitrogens is 2. The van der Waals surface area contributed by atoms with Crippen molar-refractivity contribution in [1.29, 1.82) is 0 Å². The van der Waals surface area contributed by atoms with Crippen molar-refractivity contribution in [2.75, 3.05) is 0 Å². The van der Waals surface area contributed by atoms with E-state index in [4.69, 9.17) is 5.11 Å². The van der Waals surface area contributed by atoms with Gasteiger partial charge in [-0.3, -0.25) is 9.59 Å². The molecule has 1 aromatic heterocycles. The van der Waals surface area contributed by atoms with Crippen molar-refractivity contribution in [3.05, 3.63) is 18.2 Å². The summed E-state index contributed by atoms with van der Waals surface area (Å²) in [5, 5.41) is 8.39. The van der Waals surface area contributed by atoms with Crippen LogP contribution in [0.4, 0.5) is 0 Å². The van der Waals surface area contributed by atoms with Gasteiger partial charge in [0.05, 0.1) is 6.33 Å². The van der Waals surface area contributed by atoms with Gasteiger partial charge in [0.1, 0.15) is 5.69 Å². The van der Waals surface area contributed by atoms with E-state index in [1.54, 1.807) is 17.1 Å². The molecule has 1 heterocycles. The van der Waals surface area contributed by atoms with Crippen LogP contribution in [0, 0.1) is 0 Å². The number of carbonyl (C=O) groups is 2. The number of aliphatic carboxylic acids is 1. The fraction of sp³-hybridized carbons (Fsp3) is 0.444. The summed E-state index contributed by atoms with van der Waals surface area (Å²) in [6, 6.07) is 0. The largest absolute Gasteiger partial charge is 0.481 e. The van der Waals surface area contributed by atoms with Crippen molar-refractivity contribution in [2.45, 2.75) is 25.8 Å². The molecule has 0 saturated carbocycles. The van der Waals surface area contributed by atoms with Gasteiger partial charge in [-0.1, -0.05) is 0 Å². The quantitative estimate of drug-likeness (QED) is 0.543. The summed E-state index contributed by atoms with van der Waals surface area (Å²) >= 11 is 0. The molecule has 1 aromatic rings. The zero-order valence-corrected chi connectivity index (χ0v) is 7.72. The average Bonchev–Trinajstić information content (AvgIpc) is 2.60. The second-order valence-electron chi connectivity index (χ2n) is 3.01. The van der Waals surface area contributed by atoms with E-state index < -0.39 is 5.97 Å². The summed E-state index contributed by atoms with van der Waals surface area (Å²) in [5.41, 5.74) is 0.406. The van der Waals surface area contributed by atoms with E-state index in [1.807, 2.05) is 0 Å². The summed E-state index contributed by atoms with van der Waals surface area (Å²) in [7, 11) is 0. The first-order valence-corrected chi connectivity index (χ1v) is 4.41. The number of unbranched alkanes of at least 4 members (excludes halogenated alkanes) is 1. The van der Waals surface area contributed by atoms with Crippen LogP contribution in [0.3, 0.4) is 0 Å². The van der Waals surface area contributed by atoms with Crippen molar-refractivity contribution in [3.8, 4) is 0 Å². The van der Waals surface area contributed by atoms with E-state index in [-0.39, 0.29) is 6.42 Å². The molecule has 0 saturated heterocycles. The van der Waals surface area contributed by atoms with E-state index >= 15 is 0 Å². The maximum Gasteiger partial charge on any atom is 0.303 e. The molecule has 1 rings (SSSR count). The Bertz CT molecular complexity index is 320. The van der Waals surface area contributed by atoms with E-state index in [2.05, 4.69) is 4.98 Å². The van der Waals surface area contributed by atoms with Crippen LogP contribution >= 0.6 is 0 Å². The number of rotatable bonds is 6. The fourth-order valence-corrected chi connectivity index (χ4v) is 1.13. The monoisotopic (exact) mass is 196 g/mol. The molecule has 0 spiro atoms. The van der Waals surface area contributed by atoms with E-state index in [0.29, 0.717) is 24.9 Å². The number of carboxylic acids is 1. The zero-order valence-electron chi connectivity index (χ0n) is 7.72. The third-order valence-electron chi connectivity index (χ3n) is 1.83. The van der Waals surface area contributed by atoms with Gasteiger partial charge in [-0.05, 0) is 12.8 Å². The molecule has 5 heteroatoms. The van der Waals surface area contributed by atoms with Crippen LogP contribution < -0.4 is 0 Å². The number of carboxylic acid groups (broad SMARTS) is 1. The maximum atomic E-state index is 10.3. The molecule has 0 aliphatic heterocycles. The van der Waals surface area contributed by atoms with Gasteiger partial charge >= 0.3 is 5.97 Å². The summed E-state index contributed by atoms with van der Waals surface area (Å²) in [6.45, 7) is 0.702.